The van der Waals surface area contributed by atoms with E-state index >= 15 is 0 Å². The molecule has 0 bridgehead atoms. The number of rotatable bonds is 6. The summed E-state index contributed by atoms with van der Waals surface area (Å²) >= 11 is 0. The van der Waals surface area contributed by atoms with Crippen molar-refractivity contribution in [2.24, 2.45) is 0 Å². The van der Waals surface area contributed by atoms with Crippen molar-refractivity contribution in [1.29, 1.82) is 0 Å². The van der Waals surface area contributed by atoms with Gasteiger partial charge in [0, 0.05) is 6.42 Å². The molecule has 0 amide bonds. The van der Waals surface area contributed by atoms with Gasteiger partial charge in [0.1, 0.15) is 54.6 Å². The molecular formula is C15H26O11. The van der Waals surface area contributed by atoms with Crippen LogP contribution in [0.15, 0.2) is 0 Å². The van der Waals surface area contributed by atoms with Gasteiger partial charge in [-0.15, -0.1) is 0 Å². The van der Waals surface area contributed by atoms with Crippen LogP contribution >= 0.6 is 0 Å². The molecule has 2 saturated heterocycles. The number of ether oxygens (including phenoxy) is 3. The Bertz CT molecular complexity index is 471. The third-order valence-corrected chi connectivity index (χ3v) is 4.59. The molecule has 0 aromatic carbocycles. The van der Waals surface area contributed by atoms with Gasteiger partial charge in [0.25, 0.3) is 0 Å². The summed E-state index contributed by atoms with van der Waals surface area (Å²) in [5.41, 5.74) is 0. The molecule has 2 fully saturated rings. The first kappa shape index (κ1) is 21.6. The summed E-state index contributed by atoms with van der Waals surface area (Å²) in [6, 6.07) is 0. The van der Waals surface area contributed by atoms with Gasteiger partial charge in [-0.25, -0.2) is 0 Å². The normalized spacial score (nSPS) is 46.9. The van der Waals surface area contributed by atoms with E-state index in [1.54, 1.807) is 0 Å². The quantitative estimate of drug-likeness (QED) is 0.235. The molecule has 0 spiro atoms. The van der Waals surface area contributed by atoms with E-state index in [0.29, 0.717) is 0 Å². The molecule has 0 aromatic heterocycles. The first-order chi connectivity index (χ1) is 12.2. The van der Waals surface area contributed by atoms with Gasteiger partial charge in [0.2, 0.25) is 0 Å². The van der Waals surface area contributed by atoms with E-state index in [4.69, 9.17) is 14.2 Å². The van der Waals surface area contributed by atoms with Gasteiger partial charge < -0.3 is 50.0 Å². The van der Waals surface area contributed by atoms with Gasteiger partial charge in [-0.3, -0.25) is 4.79 Å². The van der Waals surface area contributed by atoms with E-state index in [-0.39, 0.29) is 12.2 Å². The van der Waals surface area contributed by atoms with Crippen LogP contribution in [0.1, 0.15) is 13.3 Å². The van der Waals surface area contributed by atoms with Crippen molar-refractivity contribution in [3.05, 3.63) is 0 Å². The number of hydrogen-bond donors (Lipinski definition) is 7. The molecule has 0 aliphatic carbocycles. The van der Waals surface area contributed by atoms with Crippen LogP contribution in [0.4, 0.5) is 0 Å². The van der Waals surface area contributed by atoms with Crippen LogP contribution in [0.25, 0.3) is 0 Å². The summed E-state index contributed by atoms with van der Waals surface area (Å²) in [5, 5.41) is 68.6. The Kier molecular flexibility index (Phi) is 7.44. The van der Waals surface area contributed by atoms with E-state index in [2.05, 4.69) is 0 Å². The molecule has 2 aliphatic heterocycles. The lowest BCUT2D eigenvalue weighted by molar-refractivity contribution is -0.341. The number of Topliss-reactive ketones (excluding diaryl/α,β-unsaturated/α-hetero) is 1. The monoisotopic (exact) mass is 382 g/mol. The topological polar surface area (TPSA) is 186 Å². The minimum Gasteiger partial charge on any atom is -0.394 e. The second-order valence-corrected chi connectivity index (χ2v) is 6.58. The number of hydrogen-bond acceptors (Lipinski definition) is 11. The smallest absolute Gasteiger partial charge is 0.187 e. The van der Waals surface area contributed by atoms with Crippen LogP contribution in [-0.2, 0) is 19.0 Å². The molecule has 0 unspecified atom stereocenters. The number of carbonyl (C=O) groups excluding carboxylic acids is 1. The Hall–Kier alpha value is -0.730. The molecule has 0 radical (unpaired) electrons. The standard InChI is InChI=1S/C15H26O11/c1-5(18)2-6-9(19)12(22)14(8(4-17)24-6)26-15-13(23)11(21)10(20)7(3-16)25-15/h6-17,19-23H,2-4H2,1H3/t6-,7+,8+,9+,10-,11+,12-,13-,14+,15-/m0/s1. The Morgan fingerprint density at radius 1 is 0.808 bits per heavy atom. The first-order valence-corrected chi connectivity index (χ1v) is 8.29. The fourth-order valence-electron chi connectivity index (χ4n) is 3.12. The zero-order chi connectivity index (χ0) is 19.6. The van der Waals surface area contributed by atoms with Gasteiger partial charge >= 0.3 is 0 Å². The Morgan fingerprint density at radius 2 is 1.38 bits per heavy atom. The number of aliphatic hydroxyl groups is 7. The predicted molar refractivity (Wildman–Crippen MR) is 81.7 cm³/mol. The third-order valence-electron chi connectivity index (χ3n) is 4.59. The zero-order valence-corrected chi connectivity index (χ0v) is 14.2. The van der Waals surface area contributed by atoms with Gasteiger partial charge in [0.15, 0.2) is 6.29 Å². The molecule has 2 heterocycles. The summed E-state index contributed by atoms with van der Waals surface area (Å²) in [4.78, 5) is 11.2. The zero-order valence-electron chi connectivity index (χ0n) is 14.2. The molecular weight excluding hydrogens is 356 g/mol. The summed E-state index contributed by atoms with van der Waals surface area (Å²) < 4.78 is 16.0. The van der Waals surface area contributed by atoms with Crippen LogP contribution in [0.2, 0.25) is 0 Å². The van der Waals surface area contributed by atoms with Crippen molar-refractivity contribution in [1.82, 2.24) is 0 Å². The lowest BCUT2D eigenvalue weighted by atomic mass is 9.92. The highest BCUT2D eigenvalue weighted by Gasteiger charge is 2.50. The third kappa shape index (κ3) is 4.39. The maximum atomic E-state index is 11.2. The SMILES string of the molecule is CC(=O)C[C@@H]1O[C@H](CO)[C@@H](O[C@@H]2O[C@H](CO)[C@H](O)[C@@H](O)[C@@H]2O)[C@@H](O)[C@@H]1O. The summed E-state index contributed by atoms with van der Waals surface area (Å²) in [7, 11) is 0. The molecule has 0 aromatic rings. The van der Waals surface area contributed by atoms with Gasteiger partial charge in [-0.2, -0.15) is 0 Å². The number of carbonyl (C=O) groups is 1. The average molecular weight is 382 g/mol. The van der Waals surface area contributed by atoms with E-state index in [1.807, 2.05) is 0 Å². The van der Waals surface area contributed by atoms with Crippen LogP contribution in [-0.4, -0.2) is 116 Å². The van der Waals surface area contributed by atoms with Gasteiger partial charge in [0.05, 0.1) is 19.3 Å². The second kappa shape index (κ2) is 8.97. The second-order valence-electron chi connectivity index (χ2n) is 6.58. The van der Waals surface area contributed by atoms with Gasteiger partial charge in [-0.05, 0) is 6.92 Å². The van der Waals surface area contributed by atoms with Crippen LogP contribution < -0.4 is 0 Å². The van der Waals surface area contributed by atoms with Crippen LogP contribution in [0.3, 0.4) is 0 Å². The molecule has 7 N–H and O–H groups in total. The van der Waals surface area contributed by atoms with Crippen molar-refractivity contribution in [2.75, 3.05) is 13.2 Å². The molecule has 2 rings (SSSR count). The van der Waals surface area contributed by atoms with E-state index in [9.17, 15) is 40.5 Å². The lowest BCUT2D eigenvalue weighted by Gasteiger charge is -2.46. The fraction of sp³-hybridized carbons (Fsp3) is 0.933. The average Bonchev–Trinajstić information content (AvgIpc) is 2.60. The molecule has 11 heteroatoms. The Balaban J connectivity index is 2.12. The summed E-state index contributed by atoms with van der Waals surface area (Å²) in [6.07, 6.45) is -14.6. The number of aliphatic hydroxyl groups excluding tert-OH is 7. The highest BCUT2D eigenvalue weighted by Crippen LogP contribution is 2.30. The lowest BCUT2D eigenvalue weighted by Crippen LogP contribution is -2.64. The highest BCUT2D eigenvalue weighted by atomic mass is 16.7. The molecule has 0 saturated carbocycles. The first-order valence-electron chi connectivity index (χ1n) is 8.29. The van der Waals surface area contributed by atoms with Crippen LogP contribution in [0.5, 0.6) is 0 Å². The molecule has 152 valence electrons. The molecule has 2 aliphatic rings. The Morgan fingerprint density at radius 3 is 1.92 bits per heavy atom. The van der Waals surface area contributed by atoms with Crippen molar-refractivity contribution in [3.8, 4) is 0 Å². The van der Waals surface area contributed by atoms with Crippen LogP contribution in [0, 0.1) is 0 Å². The van der Waals surface area contributed by atoms with Crippen molar-refractivity contribution < 1.29 is 54.8 Å². The van der Waals surface area contributed by atoms with Crippen molar-refractivity contribution in [3.63, 3.8) is 0 Å². The summed E-state index contributed by atoms with van der Waals surface area (Å²) in [5.74, 6) is -0.286. The van der Waals surface area contributed by atoms with E-state index < -0.39 is 74.4 Å². The molecule has 26 heavy (non-hydrogen) atoms. The van der Waals surface area contributed by atoms with Gasteiger partial charge in [-0.1, -0.05) is 0 Å². The largest absolute Gasteiger partial charge is 0.394 e. The van der Waals surface area contributed by atoms with E-state index in [1.165, 1.54) is 6.92 Å². The fourth-order valence-corrected chi connectivity index (χ4v) is 3.12. The Labute approximate surface area is 149 Å². The molecule has 10 atom stereocenters. The maximum Gasteiger partial charge on any atom is 0.187 e. The highest BCUT2D eigenvalue weighted by molar-refractivity contribution is 5.76. The van der Waals surface area contributed by atoms with Crippen molar-refractivity contribution in [2.45, 2.75) is 74.6 Å². The van der Waals surface area contributed by atoms with E-state index in [0.717, 1.165) is 0 Å². The minimum atomic E-state index is -1.72. The number of ketones is 1. The summed E-state index contributed by atoms with van der Waals surface area (Å²) in [6.45, 7) is -0.00546. The maximum absolute atomic E-state index is 11.2. The molecule has 11 nitrogen and oxygen atoms in total. The predicted octanol–water partition coefficient (Wildman–Crippen LogP) is -4.37. The van der Waals surface area contributed by atoms with Crippen molar-refractivity contribution >= 4 is 5.78 Å². The minimum absolute atomic E-state index is 0.179.